The summed E-state index contributed by atoms with van der Waals surface area (Å²) >= 11 is 5.96. The van der Waals surface area contributed by atoms with Crippen LogP contribution in [-0.4, -0.2) is 38.2 Å². The molecule has 2 amide bonds. The summed E-state index contributed by atoms with van der Waals surface area (Å²) in [6.45, 7) is 0. The van der Waals surface area contributed by atoms with E-state index in [1.54, 1.807) is 55.6 Å². The molecule has 0 fully saturated rings. The lowest BCUT2D eigenvalue weighted by molar-refractivity contribution is 0.0962. The number of phenolic OH excluding ortho intramolecular Hbond substituents is 1. The molecule has 0 heterocycles. The second-order valence-electron chi connectivity index (χ2n) is 7.74. The summed E-state index contributed by atoms with van der Waals surface area (Å²) in [7, 11) is 4.60. The zero-order valence-electron chi connectivity index (χ0n) is 20.5. The van der Waals surface area contributed by atoms with Crippen LogP contribution in [0.2, 0.25) is 5.02 Å². The number of carbonyl (C=O) groups excluding carboxylic acids is 2. The maximum absolute atomic E-state index is 12.6. The van der Waals surface area contributed by atoms with Crippen molar-refractivity contribution < 1.29 is 24.2 Å². The minimum absolute atomic E-state index is 0.0771. The maximum atomic E-state index is 12.6. The fraction of sp³-hybridized carbons (Fsp3) is 0.111. The number of phenols is 1. The number of nitrogen functional groups attached to an aromatic ring is 2. The summed E-state index contributed by atoms with van der Waals surface area (Å²) in [6, 6.07) is 18.6. The van der Waals surface area contributed by atoms with Gasteiger partial charge in [0.05, 0.1) is 36.8 Å². The quantitative estimate of drug-likeness (QED) is 0.189. The summed E-state index contributed by atoms with van der Waals surface area (Å²) in [6.07, 6.45) is 0. The molecule has 0 saturated carbocycles. The molecule has 4 aromatic rings. The van der Waals surface area contributed by atoms with Crippen LogP contribution in [-0.2, 0) is 0 Å². The number of carbonyl (C=O) groups is 2. The Bertz CT molecular complexity index is 1460. The molecule has 0 aliphatic rings. The monoisotopic (exact) mass is 522 g/mol. The molecular formula is C27H27ClN4O5. The Hall–Kier alpha value is -4.63. The van der Waals surface area contributed by atoms with Crippen LogP contribution in [0.25, 0.3) is 10.8 Å². The molecule has 0 saturated heterocycles. The van der Waals surface area contributed by atoms with Crippen LogP contribution < -0.4 is 31.6 Å². The van der Waals surface area contributed by atoms with Gasteiger partial charge >= 0.3 is 0 Å². The second-order valence-corrected chi connectivity index (χ2v) is 8.18. The molecule has 4 aromatic carbocycles. The third kappa shape index (κ3) is 6.14. The van der Waals surface area contributed by atoms with Gasteiger partial charge in [-0.25, -0.2) is 0 Å². The van der Waals surface area contributed by atoms with E-state index >= 15 is 0 Å². The Labute approximate surface area is 218 Å². The fourth-order valence-electron chi connectivity index (χ4n) is 3.53. The van der Waals surface area contributed by atoms with Crippen molar-refractivity contribution in [2.75, 3.05) is 38.1 Å². The highest BCUT2D eigenvalue weighted by molar-refractivity contribution is 6.31. The first-order valence-electron chi connectivity index (χ1n) is 11.0. The number of hydrogen-bond donors (Lipinski definition) is 5. The molecule has 0 radical (unpaired) electrons. The van der Waals surface area contributed by atoms with Crippen LogP contribution >= 0.6 is 11.6 Å². The molecule has 0 aromatic heterocycles. The van der Waals surface area contributed by atoms with E-state index in [1.807, 2.05) is 18.2 Å². The number of benzene rings is 4. The van der Waals surface area contributed by atoms with Gasteiger partial charge in [0.25, 0.3) is 11.8 Å². The zero-order chi connectivity index (χ0) is 27.1. The molecule has 7 N–H and O–H groups in total. The van der Waals surface area contributed by atoms with E-state index in [0.29, 0.717) is 38.8 Å². The van der Waals surface area contributed by atoms with Crippen molar-refractivity contribution in [2.24, 2.45) is 0 Å². The normalized spacial score (nSPS) is 10.2. The molecule has 9 nitrogen and oxygen atoms in total. The lowest BCUT2D eigenvalue weighted by atomic mass is 10.0. The van der Waals surface area contributed by atoms with Gasteiger partial charge in [-0.05, 0) is 47.9 Å². The van der Waals surface area contributed by atoms with E-state index in [-0.39, 0.29) is 22.9 Å². The first kappa shape index (κ1) is 27.0. The van der Waals surface area contributed by atoms with Crippen LogP contribution in [0.4, 0.5) is 17.1 Å². The molecule has 10 heteroatoms. The number of ether oxygens (including phenoxy) is 2. The molecule has 0 unspecified atom stereocenters. The summed E-state index contributed by atoms with van der Waals surface area (Å²) in [5.74, 6) is 0.112. The van der Waals surface area contributed by atoms with Crippen molar-refractivity contribution in [3.05, 3.63) is 82.9 Å². The number of halogens is 1. The third-order valence-electron chi connectivity index (χ3n) is 5.43. The summed E-state index contributed by atoms with van der Waals surface area (Å²) < 4.78 is 10.2. The van der Waals surface area contributed by atoms with Crippen molar-refractivity contribution in [1.82, 2.24) is 5.32 Å². The van der Waals surface area contributed by atoms with E-state index in [2.05, 4.69) is 10.6 Å². The molecule has 37 heavy (non-hydrogen) atoms. The number of nitrogens with two attached hydrogens (primary N) is 2. The topological polar surface area (TPSA) is 149 Å². The zero-order valence-corrected chi connectivity index (χ0v) is 21.2. The molecular weight excluding hydrogens is 496 g/mol. The number of nitrogens with one attached hydrogen (secondary N) is 2. The average Bonchev–Trinajstić information content (AvgIpc) is 2.90. The molecule has 0 atom stereocenters. The number of methoxy groups -OCH3 is 2. The Kier molecular flexibility index (Phi) is 8.65. The fourth-order valence-corrected chi connectivity index (χ4v) is 3.70. The van der Waals surface area contributed by atoms with Crippen molar-refractivity contribution in [1.29, 1.82) is 0 Å². The highest BCUT2D eigenvalue weighted by Crippen LogP contribution is 2.35. The largest absolute Gasteiger partial charge is 0.505 e. The smallest absolute Gasteiger partial charge is 0.259 e. The minimum Gasteiger partial charge on any atom is -0.505 e. The minimum atomic E-state index is -0.509. The van der Waals surface area contributed by atoms with Gasteiger partial charge in [-0.15, -0.1) is 0 Å². The molecule has 0 bridgehead atoms. The number of rotatable bonds is 5. The van der Waals surface area contributed by atoms with E-state index in [1.165, 1.54) is 14.2 Å². The van der Waals surface area contributed by atoms with Crippen LogP contribution in [0.3, 0.4) is 0 Å². The van der Waals surface area contributed by atoms with E-state index < -0.39 is 5.91 Å². The molecule has 0 aliphatic carbocycles. The lowest BCUT2D eigenvalue weighted by Gasteiger charge is -2.13. The number of fused-ring (bicyclic) bond motifs is 1. The summed E-state index contributed by atoms with van der Waals surface area (Å²) in [5.41, 5.74) is 13.2. The molecule has 0 spiro atoms. The number of hydrogen-bond acceptors (Lipinski definition) is 7. The number of aromatic hydroxyl groups is 1. The maximum Gasteiger partial charge on any atom is 0.259 e. The number of anilines is 3. The van der Waals surface area contributed by atoms with Gasteiger partial charge in [-0.1, -0.05) is 35.9 Å². The predicted octanol–water partition coefficient (Wildman–Crippen LogP) is 4.68. The van der Waals surface area contributed by atoms with E-state index in [9.17, 15) is 14.7 Å². The van der Waals surface area contributed by atoms with Crippen LogP contribution in [0.5, 0.6) is 17.2 Å². The van der Waals surface area contributed by atoms with Gasteiger partial charge in [0, 0.05) is 23.0 Å². The van der Waals surface area contributed by atoms with Gasteiger partial charge in [0.15, 0.2) is 5.75 Å². The second kappa shape index (κ2) is 11.9. The first-order valence-corrected chi connectivity index (χ1v) is 11.4. The highest BCUT2D eigenvalue weighted by atomic mass is 35.5. The highest BCUT2D eigenvalue weighted by Gasteiger charge is 2.18. The average molecular weight is 523 g/mol. The Morgan fingerprint density at radius 2 is 1.57 bits per heavy atom. The van der Waals surface area contributed by atoms with Crippen LogP contribution in [0.15, 0.2) is 66.7 Å². The van der Waals surface area contributed by atoms with Crippen molar-refractivity contribution >= 4 is 51.2 Å². The Morgan fingerprint density at radius 1 is 0.892 bits per heavy atom. The van der Waals surface area contributed by atoms with E-state index in [0.717, 1.165) is 5.39 Å². The van der Waals surface area contributed by atoms with Gasteiger partial charge < -0.3 is 36.7 Å². The third-order valence-corrected chi connectivity index (χ3v) is 5.67. The Balaban J connectivity index is 0.000000248. The van der Waals surface area contributed by atoms with Crippen molar-refractivity contribution in [2.45, 2.75) is 0 Å². The van der Waals surface area contributed by atoms with Crippen molar-refractivity contribution in [3.63, 3.8) is 0 Å². The Morgan fingerprint density at radius 3 is 2.22 bits per heavy atom. The van der Waals surface area contributed by atoms with Gasteiger partial charge in [0.2, 0.25) is 0 Å². The number of amides is 2. The standard InChI is InChI=1S/C18H15ClN2O3.C9H12N2O2/c1-24-15-7-6-11(19)9-14(15)21-18(23)13-8-10-4-2-3-5-12(10)16(20)17(13)22;1-11-9(12)6-3-4-8(13-2)7(10)5-6/h2-9,22H,20H2,1H3,(H,21,23);3-5H,10H2,1-2H3,(H,11,12). The van der Waals surface area contributed by atoms with E-state index in [4.69, 9.17) is 32.5 Å². The summed E-state index contributed by atoms with van der Waals surface area (Å²) in [4.78, 5) is 23.7. The lowest BCUT2D eigenvalue weighted by Crippen LogP contribution is -2.17. The molecule has 4 rings (SSSR count). The van der Waals surface area contributed by atoms with Gasteiger partial charge in [0.1, 0.15) is 11.5 Å². The predicted molar refractivity (Wildman–Crippen MR) is 147 cm³/mol. The first-order chi connectivity index (χ1) is 17.7. The SMILES string of the molecule is CNC(=O)c1ccc(OC)c(N)c1.COc1ccc(Cl)cc1NC(=O)c1cc2ccccc2c(N)c1O. The van der Waals surface area contributed by atoms with Gasteiger partial charge in [-0.3, -0.25) is 9.59 Å². The molecule has 192 valence electrons. The van der Waals surface area contributed by atoms with Crippen LogP contribution in [0.1, 0.15) is 20.7 Å². The van der Waals surface area contributed by atoms with Crippen molar-refractivity contribution in [3.8, 4) is 17.2 Å². The molecule has 0 aliphatic heterocycles. The van der Waals surface area contributed by atoms with Gasteiger partial charge in [-0.2, -0.15) is 0 Å². The van der Waals surface area contributed by atoms with Crippen LogP contribution in [0, 0.1) is 0 Å². The summed E-state index contributed by atoms with van der Waals surface area (Å²) in [5, 5.41) is 17.4.